The number of Topliss-reactive ketones (excluding diaryl/α,β-unsaturated/α-hetero) is 1. The summed E-state index contributed by atoms with van der Waals surface area (Å²) in [6.45, 7) is 3.31. The van der Waals surface area contributed by atoms with E-state index in [1.807, 2.05) is 0 Å². The van der Waals surface area contributed by atoms with Crippen molar-refractivity contribution in [2.75, 3.05) is 0 Å². The van der Waals surface area contributed by atoms with Crippen molar-refractivity contribution in [2.45, 2.75) is 20.3 Å². The van der Waals surface area contributed by atoms with Crippen LogP contribution in [-0.4, -0.2) is 10.8 Å². The van der Waals surface area contributed by atoms with Crippen molar-refractivity contribution in [3.8, 4) is 0 Å². The van der Waals surface area contributed by atoms with E-state index < -0.39 is 0 Å². The smallest absolute Gasteiger partial charge is 0.192 e. The number of ketones is 1. The SMILES string of the molecule is CC(=O)Cc1cc(Cl)cc2nc(C)oc12. The Labute approximate surface area is 92.1 Å². The lowest BCUT2D eigenvalue weighted by molar-refractivity contribution is -0.116. The van der Waals surface area contributed by atoms with Gasteiger partial charge >= 0.3 is 0 Å². The summed E-state index contributed by atoms with van der Waals surface area (Å²) in [5, 5.41) is 0.576. The molecule has 4 heteroatoms. The predicted molar refractivity (Wildman–Crippen MR) is 58.1 cm³/mol. The average Bonchev–Trinajstić information content (AvgIpc) is 2.44. The van der Waals surface area contributed by atoms with Crippen molar-refractivity contribution in [1.82, 2.24) is 4.98 Å². The van der Waals surface area contributed by atoms with Gasteiger partial charge in [0.25, 0.3) is 0 Å². The van der Waals surface area contributed by atoms with Crippen LogP contribution in [0.1, 0.15) is 18.4 Å². The van der Waals surface area contributed by atoms with Gasteiger partial charge in [0.2, 0.25) is 0 Å². The number of oxazole rings is 1. The van der Waals surface area contributed by atoms with Gasteiger partial charge in [-0.3, -0.25) is 4.79 Å². The maximum Gasteiger partial charge on any atom is 0.192 e. The Kier molecular flexibility index (Phi) is 2.49. The minimum Gasteiger partial charge on any atom is -0.441 e. The molecule has 1 aromatic carbocycles. The van der Waals surface area contributed by atoms with Gasteiger partial charge in [0, 0.05) is 23.9 Å². The van der Waals surface area contributed by atoms with E-state index in [2.05, 4.69) is 4.98 Å². The van der Waals surface area contributed by atoms with Crippen molar-refractivity contribution in [3.63, 3.8) is 0 Å². The molecule has 0 N–H and O–H groups in total. The third kappa shape index (κ3) is 2.02. The number of hydrogen-bond donors (Lipinski definition) is 0. The van der Waals surface area contributed by atoms with Crippen LogP contribution in [0, 0.1) is 6.92 Å². The summed E-state index contributed by atoms with van der Waals surface area (Å²) in [5.74, 6) is 0.657. The van der Waals surface area contributed by atoms with Crippen molar-refractivity contribution in [3.05, 3.63) is 28.6 Å². The molecule has 0 saturated heterocycles. The largest absolute Gasteiger partial charge is 0.441 e. The normalized spacial score (nSPS) is 10.9. The summed E-state index contributed by atoms with van der Waals surface area (Å²) in [6, 6.07) is 3.48. The van der Waals surface area contributed by atoms with Crippen molar-refractivity contribution >= 4 is 28.5 Å². The number of carbonyl (C=O) groups is 1. The van der Waals surface area contributed by atoms with Gasteiger partial charge in [-0.05, 0) is 19.1 Å². The Morgan fingerprint density at radius 2 is 2.27 bits per heavy atom. The molecule has 3 nitrogen and oxygen atoms in total. The quantitative estimate of drug-likeness (QED) is 0.786. The van der Waals surface area contributed by atoms with E-state index in [1.54, 1.807) is 19.1 Å². The van der Waals surface area contributed by atoms with Crippen LogP contribution in [0.5, 0.6) is 0 Å². The first-order valence-electron chi connectivity index (χ1n) is 4.61. The molecule has 0 amide bonds. The molecule has 0 fully saturated rings. The molecule has 0 aliphatic rings. The third-order valence-electron chi connectivity index (χ3n) is 2.08. The van der Waals surface area contributed by atoms with Crippen LogP contribution in [0.2, 0.25) is 5.02 Å². The highest BCUT2D eigenvalue weighted by atomic mass is 35.5. The van der Waals surface area contributed by atoms with E-state index in [0.717, 1.165) is 5.56 Å². The molecule has 2 aromatic rings. The molecule has 0 aliphatic carbocycles. The highest BCUT2D eigenvalue weighted by molar-refractivity contribution is 6.31. The fourth-order valence-corrected chi connectivity index (χ4v) is 1.81. The Balaban J connectivity index is 2.64. The van der Waals surface area contributed by atoms with Gasteiger partial charge in [-0.1, -0.05) is 11.6 Å². The molecular weight excluding hydrogens is 214 g/mol. The van der Waals surface area contributed by atoms with Gasteiger partial charge in [-0.15, -0.1) is 0 Å². The second kappa shape index (κ2) is 3.66. The van der Waals surface area contributed by atoms with Crippen LogP contribution in [0.15, 0.2) is 16.5 Å². The molecule has 78 valence electrons. The lowest BCUT2D eigenvalue weighted by Gasteiger charge is -1.99. The number of aryl methyl sites for hydroxylation is 1. The number of rotatable bonds is 2. The fourth-order valence-electron chi connectivity index (χ4n) is 1.57. The summed E-state index contributed by atoms with van der Waals surface area (Å²) in [6.07, 6.45) is 0.325. The average molecular weight is 224 g/mol. The monoisotopic (exact) mass is 223 g/mol. The molecule has 0 aliphatic heterocycles. The number of hydrogen-bond acceptors (Lipinski definition) is 3. The zero-order valence-electron chi connectivity index (χ0n) is 8.50. The van der Waals surface area contributed by atoms with Gasteiger partial charge < -0.3 is 4.42 Å². The molecule has 0 saturated carbocycles. The Bertz CT molecular complexity index is 531. The highest BCUT2D eigenvalue weighted by Crippen LogP contribution is 2.25. The first-order valence-corrected chi connectivity index (χ1v) is 4.99. The van der Waals surface area contributed by atoms with E-state index in [0.29, 0.717) is 28.4 Å². The van der Waals surface area contributed by atoms with Crippen LogP contribution in [0.4, 0.5) is 0 Å². The minimum absolute atomic E-state index is 0.0765. The minimum atomic E-state index is 0.0765. The molecule has 0 atom stereocenters. The maximum atomic E-state index is 11.1. The van der Waals surface area contributed by atoms with Gasteiger partial charge in [-0.2, -0.15) is 0 Å². The van der Waals surface area contributed by atoms with Crippen LogP contribution in [-0.2, 0) is 11.2 Å². The molecule has 0 spiro atoms. The number of benzene rings is 1. The summed E-state index contributed by atoms with van der Waals surface area (Å²) in [5.41, 5.74) is 2.16. The number of carbonyl (C=O) groups excluding carboxylic acids is 1. The summed E-state index contributed by atoms with van der Waals surface area (Å²) < 4.78 is 5.43. The molecule has 0 bridgehead atoms. The Morgan fingerprint density at radius 3 is 2.93 bits per heavy atom. The van der Waals surface area contributed by atoms with Crippen molar-refractivity contribution in [1.29, 1.82) is 0 Å². The molecule has 1 aromatic heterocycles. The number of fused-ring (bicyclic) bond motifs is 1. The Morgan fingerprint density at radius 1 is 1.53 bits per heavy atom. The van der Waals surface area contributed by atoms with Gasteiger partial charge in [0.1, 0.15) is 11.3 Å². The van der Waals surface area contributed by atoms with E-state index >= 15 is 0 Å². The van der Waals surface area contributed by atoms with Crippen LogP contribution in [0.25, 0.3) is 11.1 Å². The molecule has 0 radical (unpaired) electrons. The van der Waals surface area contributed by atoms with Crippen LogP contribution >= 0.6 is 11.6 Å². The number of aromatic nitrogens is 1. The van der Waals surface area contributed by atoms with Gasteiger partial charge in [-0.25, -0.2) is 4.98 Å². The van der Waals surface area contributed by atoms with Crippen molar-refractivity contribution < 1.29 is 9.21 Å². The first-order chi connectivity index (χ1) is 7.06. The second-order valence-electron chi connectivity index (χ2n) is 3.52. The van der Waals surface area contributed by atoms with Gasteiger partial charge in [0.05, 0.1) is 0 Å². The number of halogens is 1. The Hall–Kier alpha value is -1.35. The maximum absolute atomic E-state index is 11.1. The zero-order chi connectivity index (χ0) is 11.0. The molecule has 0 unspecified atom stereocenters. The van der Waals surface area contributed by atoms with Crippen LogP contribution in [0.3, 0.4) is 0 Å². The molecule has 2 rings (SSSR count). The van der Waals surface area contributed by atoms with Crippen LogP contribution < -0.4 is 0 Å². The zero-order valence-corrected chi connectivity index (χ0v) is 9.26. The standard InChI is InChI=1S/C11H10ClNO2/c1-6(14)3-8-4-9(12)5-10-11(8)15-7(2)13-10/h4-5H,3H2,1-2H3. The van der Waals surface area contributed by atoms with Gasteiger partial charge in [0.15, 0.2) is 11.5 Å². The topological polar surface area (TPSA) is 43.1 Å². The molecule has 1 heterocycles. The van der Waals surface area contributed by atoms with E-state index in [1.165, 1.54) is 6.92 Å². The summed E-state index contributed by atoms with van der Waals surface area (Å²) >= 11 is 5.92. The predicted octanol–water partition coefficient (Wildman–Crippen LogP) is 2.92. The van der Waals surface area contributed by atoms with E-state index in [-0.39, 0.29) is 5.78 Å². The van der Waals surface area contributed by atoms with E-state index in [4.69, 9.17) is 16.0 Å². The lowest BCUT2D eigenvalue weighted by Crippen LogP contribution is -1.96. The van der Waals surface area contributed by atoms with Crippen molar-refractivity contribution in [2.24, 2.45) is 0 Å². The summed E-state index contributed by atoms with van der Waals surface area (Å²) in [7, 11) is 0. The molecular formula is C11H10ClNO2. The second-order valence-corrected chi connectivity index (χ2v) is 3.96. The highest BCUT2D eigenvalue weighted by Gasteiger charge is 2.11. The number of nitrogens with zero attached hydrogens (tertiary/aromatic N) is 1. The molecule has 15 heavy (non-hydrogen) atoms. The van der Waals surface area contributed by atoms with E-state index in [9.17, 15) is 4.79 Å². The first kappa shape index (κ1) is 10.2. The summed E-state index contributed by atoms with van der Waals surface area (Å²) in [4.78, 5) is 15.2. The third-order valence-corrected chi connectivity index (χ3v) is 2.30. The fraction of sp³-hybridized carbons (Fsp3) is 0.273. The lowest BCUT2D eigenvalue weighted by atomic mass is 10.1.